The van der Waals surface area contributed by atoms with E-state index in [1.165, 1.54) is 0 Å². The third-order valence-electron chi connectivity index (χ3n) is 2.86. The van der Waals surface area contributed by atoms with Crippen LogP contribution in [0.2, 0.25) is 0 Å². The molecule has 1 aromatic heterocycles. The molecule has 4 heteroatoms. The van der Waals surface area contributed by atoms with E-state index < -0.39 is 6.10 Å². The molecular weight excluding hydrogens is 214 g/mol. The molecular formula is C13H13N3O. The van der Waals surface area contributed by atoms with Crippen LogP contribution < -0.4 is 0 Å². The minimum absolute atomic E-state index is 0.581. The second-order valence-corrected chi connectivity index (χ2v) is 3.95. The highest BCUT2D eigenvalue weighted by molar-refractivity contribution is 5.34. The van der Waals surface area contributed by atoms with Crippen LogP contribution in [0.3, 0.4) is 0 Å². The van der Waals surface area contributed by atoms with Crippen molar-refractivity contribution in [1.82, 2.24) is 9.55 Å². The van der Waals surface area contributed by atoms with E-state index in [-0.39, 0.29) is 0 Å². The maximum absolute atomic E-state index is 10.2. The molecule has 2 aromatic rings. The van der Waals surface area contributed by atoms with Crippen LogP contribution in [-0.4, -0.2) is 14.7 Å². The van der Waals surface area contributed by atoms with Crippen molar-refractivity contribution in [2.45, 2.75) is 13.0 Å². The first kappa shape index (κ1) is 11.4. The number of nitrogens with zero attached hydrogens (tertiary/aromatic N) is 3. The molecule has 0 radical (unpaired) electrons. The van der Waals surface area contributed by atoms with E-state index in [0.29, 0.717) is 11.4 Å². The Hall–Kier alpha value is -2.12. The van der Waals surface area contributed by atoms with E-state index in [0.717, 1.165) is 11.3 Å². The third-order valence-corrected chi connectivity index (χ3v) is 2.86. The second-order valence-electron chi connectivity index (χ2n) is 3.95. The van der Waals surface area contributed by atoms with E-state index in [4.69, 9.17) is 5.26 Å². The van der Waals surface area contributed by atoms with E-state index in [2.05, 4.69) is 4.98 Å². The van der Waals surface area contributed by atoms with Crippen LogP contribution in [0.5, 0.6) is 0 Å². The van der Waals surface area contributed by atoms with Gasteiger partial charge >= 0.3 is 0 Å². The zero-order chi connectivity index (χ0) is 12.4. The molecule has 0 fully saturated rings. The quantitative estimate of drug-likeness (QED) is 0.849. The van der Waals surface area contributed by atoms with Crippen molar-refractivity contribution in [1.29, 1.82) is 5.26 Å². The Labute approximate surface area is 99.8 Å². The van der Waals surface area contributed by atoms with Crippen LogP contribution in [-0.2, 0) is 7.05 Å². The topological polar surface area (TPSA) is 61.8 Å². The summed E-state index contributed by atoms with van der Waals surface area (Å²) in [4.78, 5) is 4.18. The molecule has 0 saturated carbocycles. The fourth-order valence-electron chi connectivity index (χ4n) is 1.66. The van der Waals surface area contributed by atoms with Gasteiger partial charge in [-0.1, -0.05) is 12.1 Å². The van der Waals surface area contributed by atoms with Gasteiger partial charge in [-0.2, -0.15) is 5.26 Å². The Balaban J connectivity index is 2.34. The Morgan fingerprint density at radius 3 is 2.47 bits per heavy atom. The third kappa shape index (κ3) is 2.05. The van der Waals surface area contributed by atoms with Crippen molar-refractivity contribution < 1.29 is 5.11 Å². The Bertz CT molecular complexity index is 563. The highest BCUT2D eigenvalue weighted by Crippen LogP contribution is 2.21. The number of rotatable bonds is 2. The largest absolute Gasteiger partial charge is 0.380 e. The van der Waals surface area contributed by atoms with Crippen LogP contribution in [0.1, 0.15) is 28.7 Å². The van der Waals surface area contributed by atoms with Crippen molar-refractivity contribution in [2.24, 2.45) is 7.05 Å². The van der Waals surface area contributed by atoms with Gasteiger partial charge in [-0.05, 0) is 24.6 Å². The van der Waals surface area contributed by atoms with E-state index in [1.807, 2.05) is 24.6 Å². The average molecular weight is 227 g/mol. The summed E-state index contributed by atoms with van der Waals surface area (Å²) in [7, 11) is 1.87. The second kappa shape index (κ2) is 4.40. The normalized spacial score (nSPS) is 12.1. The molecule has 0 saturated heterocycles. The van der Waals surface area contributed by atoms with Crippen molar-refractivity contribution in [3.8, 4) is 6.07 Å². The maximum atomic E-state index is 10.2. The lowest BCUT2D eigenvalue weighted by molar-refractivity contribution is 0.206. The molecule has 0 aliphatic carbocycles. The van der Waals surface area contributed by atoms with Crippen LogP contribution >= 0.6 is 0 Å². The number of hydrogen-bond donors (Lipinski definition) is 1. The zero-order valence-electron chi connectivity index (χ0n) is 9.75. The molecule has 86 valence electrons. The van der Waals surface area contributed by atoms with Crippen LogP contribution in [0.4, 0.5) is 0 Å². The van der Waals surface area contributed by atoms with Gasteiger partial charge in [0.25, 0.3) is 0 Å². The number of aryl methyl sites for hydroxylation is 1. The lowest BCUT2D eigenvalue weighted by Crippen LogP contribution is -2.08. The summed E-state index contributed by atoms with van der Waals surface area (Å²) in [5.41, 5.74) is 2.31. The molecule has 0 aliphatic heterocycles. The van der Waals surface area contributed by atoms with Gasteiger partial charge in [-0.3, -0.25) is 0 Å². The SMILES string of the molecule is Cc1cnc(C(O)c2ccc(C#N)cc2)n1C. The number of aliphatic hydroxyl groups excluding tert-OH is 1. The summed E-state index contributed by atoms with van der Waals surface area (Å²) in [6, 6.07) is 8.91. The highest BCUT2D eigenvalue weighted by atomic mass is 16.3. The molecule has 0 aliphatic rings. The molecule has 2 rings (SSSR count). The predicted molar refractivity (Wildman–Crippen MR) is 63.2 cm³/mol. The lowest BCUT2D eigenvalue weighted by Gasteiger charge is -2.11. The molecule has 1 unspecified atom stereocenters. The van der Waals surface area contributed by atoms with Crippen molar-refractivity contribution in [2.75, 3.05) is 0 Å². The van der Waals surface area contributed by atoms with Crippen molar-refractivity contribution in [3.63, 3.8) is 0 Å². The summed E-state index contributed by atoms with van der Waals surface area (Å²) in [6.45, 7) is 1.93. The molecule has 4 nitrogen and oxygen atoms in total. The Kier molecular flexibility index (Phi) is 2.94. The molecule has 1 heterocycles. The van der Waals surface area contributed by atoms with Gasteiger partial charge in [-0.15, -0.1) is 0 Å². The molecule has 17 heavy (non-hydrogen) atoms. The Morgan fingerprint density at radius 1 is 1.35 bits per heavy atom. The molecule has 1 atom stereocenters. The minimum Gasteiger partial charge on any atom is -0.380 e. The van der Waals surface area contributed by atoms with E-state index in [1.54, 1.807) is 30.5 Å². The first-order valence-corrected chi connectivity index (χ1v) is 5.30. The highest BCUT2D eigenvalue weighted by Gasteiger charge is 2.15. The monoisotopic (exact) mass is 227 g/mol. The van der Waals surface area contributed by atoms with Crippen LogP contribution in [0.25, 0.3) is 0 Å². The van der Waals surface area contributed by atoms with Gasteiger partial charge in [0.2, 0.25) is 0 Å². The average Bonchev–Trinajstić information content (AvgIpc) is 2.69. The first-order chi connectivity index (χ1) is 8.13. The molecule has 1 aromatic carbocycles. The molecule has 0 bridgehead atoms. The smallest absolute Gasteiger partial charge is 0.142 e. The predicted octanol–water partition coefficient (Wildman–Crippen LogP) is 1.68. The summed E-state index contributed by atoms with van der Waals surface area (Å²) in [5, 5.41) is 18.9. The molecule has 0 amide bonds. The zero-order valence-corrected chi connectivity index (χ0v) is 9.75. The Morgan fingerprint density at radius 2 is 2.00 bits per heavy atom. The van der Waals surface area contributed by atoms with Gasteiger partial charge in [0, 0.05) is 18.9 Å². The van der Waals surface area contributed by atoms with Gasteiger partial charge < -0.3 is 9.67 Å². The standard InChI is InChI=1S/C13H13N3O/c1-9-8-15-13(16(9)2)12(17)11-5-3-10(7-14)4-6-11/h3-6,8,12,17H,1-2H3. The van der Waals surface area contributed by atoms with Gasteiger partial charge in [0.1, 0.15) is 11.9 Å². The van der Waals surface area contributed by atoms with E-state index in [9.17, 15) is 5.11 Å². The van der Waals surface area contributed by atoms with Gasteiger partial charge in [0.15, 0.2) is 0 Å². The maximum Gasteiger partial charge on any atom is 0.142 e. The summed E-state index contributed by atoms with van der Waals surface area (Å²) in [6.07, 6.45) is 0.962. The van der Waals surface area contributed by atoms with Crippen molar-refractivity contribution in [3.05, 3.63) is 53.1 Å². The van der Waals surface area contributed by atoms with Gasteiger partial charge in [-0.25, -0.2) is 4.98 Å². The molecule has 1 N–H and O–H groups in total. The summed E-state index contributed by atoms with van der Waals surface area (Å²) < 4.78 is 1.85. The summed E-state index contributed by atoms with van der Waals surface area (Å²) in [5.74, 6) is 0.604. The number of aromatic nitrogens is 2. The summed E-state index contributed by atoms with van der Waals surface area (Å²) >= 11 is 0. The fourth-order valence-corrected chi connectivity index (χ4v) is 1.66. The van der Waals surface area contributed by atoms with E-state index >= 15 is 0 Å². The van der Waals surface area contributed by atoms with Crippen LogP contribution in [0, 0.1) is 18.3 Å². The van der Waals surface area contributed by atoms with Crippen LogP contribution in [0.15, 0.2) is 30.5 Å². The molecule has 0 spiro atoms. The number of hydrogen-bond acceptors (Lipinski definition) is 3. The number of nitriles is 1. The minimum atomic E-state index is -0.763. The fraction of sp³-hybridized carbons (Fsp3) is 0.231. The first-order valence-electron chi connectivity index (χ1n) is 5.30. The van der Waals surface area contributed by atoms with Gasteiger partial charge in [0.05, 0.1) is 11.6 Å². The number of imidazole rings is 1. The lowest BCUT2D eigenvalue weighted by atomic mass is 10.1. The number of aliphatic hydroxyl groups is 1. The number of benzene rings is 1. The van der Waals surface area contributed by atoms with Crippen molar-refractivity contribution >= 4 is 0 Å².